The van der Waals surface area contributed by atoms with E-state index in [2.05, 4.69) is 264 Å². The fourth-order valence-corrected chi connectivity index (χ4v) is 13.4. The molecule has 2 nitrogen and oxygen atoms in total. The van der Waals surface area contributed by atoms with Crippen molar-refractivity contribution < 1.29 is 0 Å². The van der Waals surface area contributed by atoms with E-state index in [1.807, 2.05) is 11.3 Å². The van der Waals surface area contributed by atoms with Crippen LogP contribution in [0.4, 0.5) is 17.1 Å². The highest BCUT2D eigenvalue weighted by molar-refractivity contribution is 7.25. The van der Waals surface area contributed by atoms with Crippen molar-refractivity contribution in [3.63, 3.8) is 0 Å². The summed E-state index contributed by atoms with van der Waals surface area (Å²) in [6, 6.07) is 95.0. The molecular formula is C67H42N2S. The largest absolute Gasteiger partial charge is 0.309 e. The smallest absolute Gasteiger partial charge is 0.0755 e. The minimum absolute atomic E-state index is 0.577. The molecule has 0 N–H and O–H groups in total. The lowest BCUT2D eigenvalue weighted by molar-refractivity contribution is 0.748. The van der Waals surface area contributed by atoms with Gasteiger partial charge in [-0.1, -0.05) is 194 Å². The number of nitrogens with zero attached hydrogens (tertiary/aromatic N) is 2. The Bertz CT molecular complexity index is 4250. The van der Waals surface area contributed by atoms with Crippen LogP contribution < -0.4 is 4.90 Å². The topological polar surface area (TPSA) is 8.17 Å². The van der Waals surface area contributed by atoms with Crippen LogP contribution in [0.15, 0.2) is 255 Å². The van der Waals surface area contributed by atoms with Gasteiger partial charge in [0.2, 0.25) is 0 Å². The molecule has 1 aliphatic carbocycles. The summed E-state index contributed by atoms with van der Waals surface area (Å²) in [5, 5.41) is 5.18. The van der Waals surface area contributed by atoms with Gasteiger partial charge in [-0.3, -0.25) is 0 Å². The maximum absolute atomic E-state index is 2.53. The highest BCUT2D eigenvalue weighted by Gasteiger charge is 2.51. The second-order valence-electron chi connectivity index (χ2n) is 18.7. The summed E-state index contributed by atoms with van der Waals surface area (Å²) in [6.07, 6.45) is 0. The number of anilines is 3. The second kappa shape index (κ2) is 15.1. The van der Waals surface area contributed by atoms with Gasteiger partial charge in [-0.2, -0.15) is 0 Å². The Labute approximate surface area is 410 Å². The lowest BCUT2D eigenvalue weighted by Crippen LogP contribution is -2.33. The molecule has 0 amide bonds. The molecule has 0 saturated heterocycles. The Kier molecular flexibility index (Phi) is 8.48. The van der Waals surface area contributed by atoms with Gasteiger partial charge >= 0.3 is 0 Å². The Morgan fingerprint density at radius 1 is 0.343 bits per heavy atom. The third-order valence-electron chi connectivity index (χ3n) is 15.2. The number of hydrogen-bond donors (Lipinski definition) is 0. The van der Waals surface area contributed by atoms with Gasteiger partial charge in [0, 0.05) is 47.8 Å². The molecule has 0 radical (unpaired) electrons. The van der Waals surface area contributed by atoms with Crippen molar-refractivity contribution in [2.24, 2.45) is 0 Å². The van der Waals surface area contributed by atoms with Crippen molar-refractivity contribution in [3.8, 4) is 50.2 Å². The molecule has 1 unspecified atom stereocenters. The third kappa shape index (κ3) is 5.49. The average Bonchev–Trinajstić information content (AvgIpc) is 4.08. The molecule has 1 atom stereocenters. The molecular weight excluding hydrogens is 865 g/mol. The number of thiophene rings is 1. The Morgan fingerprint density at radius 3 is 1.83 bits per heavy atom. The zero-order valence-electron chi connectivity index (χ0n) is 38.1. The SMILES string of the molecule is c1ccc(-c2cccc(-c3ccccc3N(c3ccc(-c4ccc5sc6ccccc6c5c4)cc3)c3cccc4c3-c3ccccc3C43c4ccccc4-n4c5ccccc5c5cccc3c54)c2)cc1. The van der Waals surface area contributed by atoms with Crippen LogP contribution in [0.3, 0.4) is 0 Å². The van der Waals surface area contributed by atoms with Crippen molar-refractivity contribution >= 4 is 70.4 Å². The molecule has 0 bridgehead atoms. The van der Waals surface area contributed by atoms with Gasteiger partial charge in [0.1, 0.15) is 0 Å². The number of aromatic nitrogens is 1. The lowest BCUT2D eigenvalue weighted by Gasteiger charge is -2.39. The molecule has 13 aromatic rings. The van der Waals surface area contributed by atoms with E-state index in [4.69, 9.17) is 0 Å². The first-order valence-electron chi connectivity index (χ1n) is 24.2. The van der Waals surface area contributed by atoms with Crippen molar-refractivity contribution in [2.45, 2.75) is 5.41 Å². The predicted octanol–water partition coefficient (Wildman–Crippen LogP) is 18.3. The summed E-state index contributed by atoms with van der Waals surface area (Å²) in [5.74, 6) is 0. The highest BCUT2D eigenvalue weighted by Crippen LogP contribution is 2.63. The first kappa shape index (κ1) is 39.3. The van der Waals surface area contributed by atoms with E-state index in [1.54, 1.807) is 0 Å². The van der Waals surface area contributed by atoms with E-state index in [1.165, 1.54) is 109 Å². The zero-order chi connectivity index (χ0) is 45.9. The summed E-state index contributed by atoms with van der Waals surface area (Å²) in [5.41, 5.74) is 21.4. The molecule has 11 aromatic carbocycles. The predicted molar refractivity (Wildman–Crippen MR) is 296 cm³/mol. The third-order valence-corrected chi connectivity index (χ3v) is 16.3. The molecule has 1 spiro atoms. The minimum Gasteiger partial charge on any atom is -0.309 e. The molecule has 0 fully saturated rings. The maximum atomic E-state index is 2.53. The van der Waals surface area contributed by atoms with Gasteiger partial charge in [-0.05, 0) is 116 Å². The van der Waals surface area contributed by atoms with Gasteiger partial charge in [0.25, 0.3) is 0 Å². The molecule has 2 aromatic heterocycles. The van der Waals surface area contributed by atoms with E-state index >= 15 is 0 Å². The summed E-state index contributed by atoms with van der Waals surface area (Å²) in [6.45, 7) is 0. The fourth-order valence-electron chi connectivity index (χ4n) is 12.3. The molecule has 1 aliphatic heterocycles. The van der Waals surface area contributed by atoms with Crippen LogP contribution in [-0.2, 0) is 5.41 Å². The first-order chi connectivity index (χ1) is 34.7. The monoisotopic (exact) mass is 906 g/mol. The van der Waals surface area contributed by atoms with Crippen LogP contribution >= 0.6 is 11.3 Å². The van der Waals surface area contributed by atoms with Crippen molar-refractivity contribution in [2.75, 3.05) is 4.90 Å². The van der Waals surface area contributed by atoms with Gasteiger partial charge < -0.3 is 9.47 Å². The molecule has 326 valence electrons. The van der Waals surface area contributed by atoms with Crippen LogP contribution in [0.2, 0.25) is 0 Å². The molecule has 15 rings (SSSR count). The van der Waals surface area contributed by atoms with Crippen LogP contribution in [0.1, 0.15) is 22.3 Å². The van der Waals surface area contributed by atoms with Gasteiger partial charge in [-0.25, -0.2) is 0 Å². The Balaban J connectivity index is 0.986. The highest BCUT2D eigenvalue weighted by atomic mass is 32.1. The van der Waals surface area contributed by atoms with Crippen LogP contribution in [0.5, 0.6) is 0 Å². The summed E-state index contributed by atoms with van der Waals surface area (Å²) >= 11 is 1.86. The summed E-state index contributed by atoms with van der Waals surface area (Å²) in [7, 11) is 0. The molecule has 70 heavy (non-hydrogen) atoms. The second-order valence-corrected chi connectivity index (χ2v) is 19.8. The van der Waals surface area contributed by atoms with E-state index in [0.717, 1.165) is 22.6 Å². The summed E-state index contributed by atoms with van der Waals surface area (Å²) in [4.78, 5) is 2.53. The fraction of sp³-hybridized carbons (Fsp3) is 0.0149. The zero-order valence-corrected chi connectivity index (χ0v) is 38.9. The van der Waals surface area contributed by atoms with Crippen molar-refractivity contribution in [3.05, 3.63) is 277 Å². The number of para-hydroxylation sites is 4. The Hall–Kier alpha value is -8.76. The van der Waals surface area contributed by atoms with Crippen molar-refractivity contribution in [1.29, 1.82) is 0 Å². The van der Waals surface area contributed by atoms with Crippen LogP contribution in [0.25, 0.3) is 92.2 Å². The van der Waals surface area contributed by atoms with Gasteiger partial charge in [-0.15, -0.1) is 11.3 Å². The number of hydrogen-bond acceptors (Lipinski definition) is 2. The van der Waals surface area contributed by atoms with Crippen molar-refractivity contribution in [1.82, 2.24) is 4.57 Å². The quantitative estimate of drug-likeness (QED) is 0.161. The van der Waals surface area contributed by atoms with Gasteiger partial charge in [0.05, 0.1) is 33.5 Å². The first-order valence-corrected chi connectivity index (χ1v) is 25.0. The normalized spacial score (nSPS) is 14.3. The van der Waals surface area contributed by atoms with Crippen LogP contribution in [0, 0.1) is 0 Å². The molecule has 3 heterocycles. The number of fused-ring (bicyclic) bond motifs is 15. The average molecular weight is 907 g/mol. The number of rotatable bonds is 6. The standard InChI is InChI=1S/C67H42N2S/c1-2-17-43(18-3-1)45-19-14-20-47(41-45)49-21-5-10-30-59(49)68(48-38-35-44(36-39-48)46-37-40-64-54(42-46)51-23-7-13-34-63(51)70-64)62-33-16-28-57-65(62)53-24-4-8-26-55(53)67(57)56-27-9-12-32-61(56)69-60-31-11-6-22-50(60)52-25-15-29-58(67)66(52)69/h1-42H. The molecule has 3 heteroatoms. The van der Waals surface area contributed by atoms with E-state index in [0.29, 0.717) is 0 Å². The maximum Gasteiger partial charge on any atom is 0.0755 e. The van der Waals surface area contributed by atoms with E-state index in [9.17, 15) is 0 Å². The lowest BCUT2D eigenvalue weighted by atomic mass is 9.65. The van der Waals surface area contributed by atoms with E-state index < -0.39 is 5.41 Å². The Morgan fingerprint density at radius 2 is 0.929 bits per heavy atom. The summed E-state index contributed by atoms with van der Waals surface area (Å²) < 4.78 is 5.16. The minimum atomic E-state index is -0.577. The molecule has 0 saturated carbocycles. The van der Waals surface area contributed by atoms with Crippen LogP contribution in [-0.4, -0.2) is 4.57 Å². The molecule has 2 aliphatic rings. The van der Waals surface area contributed by atoms with E-state index in [-0.39, 0.29) is 0 Å². The number of benzene rings is 11. The van der Waals surface area contributed by atoms with Gasteiger partial charge in [0.15, 0.2) is 0 Å².